The number of thiophene rings is 1. The van der Waals surface area contributed by atoms with E-state index in [0.29, 0.717) is 18.2 Å². The van der Waals surface area contributed by atoms with Crippen molar-refractivity contribution < 1.29 is 14.0 Å². The van der Waals surface area contributed by atoms with Gasteiger partial charge in [-0.2, -0.15) is 11.3 Å². The van der Waals surface area contributed by atoms with E-state index >= 15 is 0 Å². The molecule has 0 radical (unpaired) electrons. The standard InChI is InChI=1S/C21H22N4O3S/c1-13(14-4-6-17(7-5-14)23-20(27)15-2-3-15)22-18(26)8-9-19-24-25-21(28-19)16-10-11-29-12-16/h4-7,10-13,15H,2-3,8-9H2,1H3,(H,22,26)(H,23,27). The summed E-state index contributed by atoms with van der Waals surface area (Å²) < 4.78 is 5.60. The molecule has 1 aliphatic carbocycles. The van der Waals surface area contributed by atoms with E-state index in [-0.39, 0.29) is 30.2 Å². The number of carbonyl (C=O) groups is 2. The van der Waals surface area contributed by atoms with E-state index in [2.05, 4.69) is 20.8 Å². The molecule has 2 amide bonds. The summed E-state index contributed by atoms with van der Waals surface area (Å²) in [5, 5.41) is 17.8. The number of anilines is 1. The molecular weight excluding hydrogens is 388 g/mol. The minimum absolute atomic E-state index is 0.0844. The van der Waals surface area contributed by atoms with Crippen LogP contribution in [0.3, 0.4) is 0 Å². The summed E-state index contributed by atoms with van der Waals surface area (Å²) in [5.74, 6) is 1.10. The van der Waals surface area contributed by atoms with Gasteiger partial charge in [0.15, 0.2) is 0 Å². The second-order valence-corrected chi connectivity index (χ2v) is 7.97. The number of amides is 2. The molecule has 2 heterocycles. The lowest BCUT2D eigenvalue weighted by Gasteiger charge is -2.15. The lowest BCUT2D eigenvalue weighted by Crippen LogP contribution is -2.26. The van der Waals surface area contributed by atoms with E-state index in [1.54, 1.807) is 11.3 Å². The van der Waals surface area contributed by atoms with Crippen molar-refractivity contribution in [2.75, 3.05) is 5.32 Å². The Labute approximate surface area is 172 Å². The SMILES string of the molecule is CC(NC(=O)CCc1nnc(-c2ccsc2)o1)c1ccc(NC(=O)C2CC2)cc1. The Morgan fingerprint density at radius 2 is 2.00 bits per heavy atom. The van der Waals surface area contributed by atoms with Crippen molar-refractivity contribution in [2.45, 2.75) is 38.6 Å². The summed E-state index contributed by atoms with van der Waals surface area (Å²) in [5.41, 5.74) is 2.64. The second-order valence-electron chi connectivity index (χ2n) is 7.19. The van der Waals surface area contributed by atoms with Gasteiger partial charge in [-0.25, -0.2) is 0 Å². The number of carbonyl (C=O) groups excluding carboxylic acids is 2. The van der Waals surface area contributed by atoms with Crippen LogP contribution < -0.4 is 10.6 Å². The molecular formula is C21H22N4O3S. The smallest absolute Gasteiger partial charge is 0.248 e. The fraction of sp³-hybridized carbons (Fsp3) is 0.333. The van der Waals surface area contributed by atoms with Gasteiger partial charge in [0.2, 0.25) is 23.6 Å². The zero-order chi connectivity index (χ0) is 20.2. The minimum Gasteiger partial charge on any atom is -0.421 e. The molecule has 2 N–H and O–H groups in total. The van der Waals surface area contributed by atoms with Crippen LogP contribution >= 0.6 is 11.3 Å². The Morgan fingerprint density at radius 1 is 1.21 bits per heavy atom. The van der Waals surface area contributed by atoms with E-state index in [4.69, 9.17) is 4.42 Å². The van der Waals surface area contributed by atoms with E-state index < -0.39 is 0 Å². The first-order valence-corrected chi connectivity index (χ1v) is 10.6. The van der Waals surface area contributed by atoms with Crippen molar-refractivity contribution in [2.24, 2.45) is 5.92 Å². The van der Waals surface area contributed by atoms with E-state index in [0.717, 1.165) is 29.7 Å². The molecule has 150 valence electrons. The van der Waals surface area contributed by atoms with E-state index in [1.165, 1.54) is 0 Å². The van der Waals surface area contributed by atoms with Gasteiger partial charge in [0.25, 0.3) is 0 Å². The maximum atomic E-state index is 12.3. The van der Waals surface area contributed by atoms with Crippen LogP contribution in [0.25, 0.3) is 11.5 Å². The van der Waals surface area contributed by atoms with Crippen LogP contribution in [0.15, 0.2) is 45.5 Å². The molecule has 1 fully saturated rings. The molecule has 3 aromatic rings. The van der Waals surface area contributed by atoms with Crippen molar-refractivity contribution >= 4 is 28.8 Å². The quantitative estimate of drug-likeness (QED) is 0.586. The average Bonchev–Trinajstić information content (AvgIpc) is 3.23. The highest BCUT2D eigenvalue weighted by Crippen LogP contribution is 2.30. The second kappa shape index (κ2) is 8.57. The van der Waals surface area contributed by atoms with Gasteiger partial charge in [-0.3, -0.25) is 9.59 Å². The van der Waals surface area contributed by atoms with Gasteiger partial charge in [-0.15, -0.1) is 10.2 Å². The molecule has 0 bridgehead atoms. The Kier molecular flexibility index (Phi) is 5.71. The van der Waals surface area contributed by atoms with Crippen LogP contribution in [0, 0.1) is 5.92 Å². The minimum atomic E-state index is -0.139. The Balaban J connectivity index is 1.25. The molecule has 7 nitrogen and oxygen atoms in total. The highest BCUT2D eigenvalue weighted by atomic mass is 32.1. The van der Waals surface area contributed by atoms with Crippen molar-refractivity contribution in [3.63, 3.8) is 0 Å². The summed E-state index contributed by atoms with van der Waals surface area (Å²) in [6, 6.07) is 9.33. The number of aryl methyl sites for hydroxylation is 1. The molecule has 0 spiro atoms. The fourth-order valence-electron chi connectivity index (χ4n) is 2.92. The normalized spacial score (nSPS) is 14.4. The number of nitrogens with one attached hydrogen (secondary N) is 2. The predicted octanol–water partition coefficient (Wildman–Crippen LogP) is 3.96. The van der Waals surface area contributed by atoms with Crippen LogP contribution in [-0.4, -0.2) is 22.0 Å². The van der Waals surface area contributed by atoms with Crippen molar-refractivity contribution in [1.82, 2.24) is 15.5 Å². The number of nitrogens with zero attached hydrogens (tertiary/aromatic N) is 2. The fourth-order valence-corrected chi connectivity index (χ4v) is 3.55. The summed E-state index contributed by atoms with van der Waals surface area (Å²) in [4.78, 5) is 24.1. The summed E-state index contributed by atoms with van der Waals surface area (Å²) in [6.45, 7) is 1.93. The number of benzene rings is 1. The molecule has 0 aliphatic heterocycles. The van der Waals surface area contributed by atoms with Crippen molar-refractivity contribution in [3.8, 4) is 11.5 Å². The van der Waals surface area contributed by atoms with Gasteiger partial charge in [-0.05, 0) is 48.9 Å². The molecule has 0 saturated heterocycles. The van der Waals surface area contributed by atoms with Gasteiger partial charge in [0.05, 0.1) is 6.04 Å². The van der Waals surface area contributed by atoms with Gasteiger partial charge >= 0.3 is 0 Å². The topological polar surface area (TPSA) is 97.1 Å². The molecule has 8 heteroatoms. The van der Waals surface area contributed by atoms with E-state index in [1.807, 2.05) is 48.0 Å². The molecule has 29 heavy (non-hydrogen) atoms. The Morgan fingerprint density at radius 3 is 2.69 bits per heavy atom. The van der Waals surface area contributed by atoms with Crippen LogP contribution in [0.2, 0.25) is 0 Å². The van der Waals surface area contributed by atoms with Gasteiger partial charge in [0, 0.05) is 35.4 Å². The molecule has 1 saturated carbocycles. The maximum absolute atomic E-state index is 12.3. The number of hydrogen-bond donors (Lipinski definition) is 2. The van der Waals surface area contributed by atoms with Crippen LogP contribution in [0.1, 0.15) is 43.7 Å². The van der Waals surface area contributed by atoms with Gasteiger partial charge < -0.3 is 15.1 Å². The molecule has 1 unspecified atom stereocenters. The number of hydrogen-bond acceptors (Lipinski definition) is 6. The Hall–Kier alpha value is -3.00. The summed E-state index contributed by atoms with van der Waals surface area (Å²) >= 11 is 1.56. The Bertz CT molecular complexity index is 978. The molecule has 1 aromatic carbocycles. The van der Waals surface area contributed by atoms with Gasteiger partial charge in [-0.1, -0.05) is 12.1 Å². The zero-order valence-corrected chi connectivity index (χ0v) is 16.9. The maximum Gasteiger partial charge on any atom is 0.248 e. The van der Waals surface area contributed by atoms with Crippen LogP contribution in [0.5, 0.6) is 0 Å². The molecule has 1 aliphatic rings. The highest BCUT2D eigenvalue weighted by molar-refractivity contribution is 7.08. The third-order valence-corrected chi connectivity index (χ3v) is 5.49. The molecule has 1 atom stereocenters. The van der Waals surface area contributed by atoms with Crippen molar-refractivity contribution in [3.05, 3.63) is 52.5 Å². The third kappa shape index (κ3) is 5.08. The summed E-state index contributed by atoms with van der Waals surface area (Å²) in [6.07, 6.45) is 2.62. The van der Waals surface area contributed by atoms with Gasteiger partial charge in [0.1, 0.15) is 0 Å². The summed E-state index contributed by atoms with van der Waals surface area (Å²) in [7, 11) is 0. The molecule has 4 rings (SSSR count). The lowest BCUT2D eigenvalue weighted by molar-refractivity contribution is -0.121. The van der Waals surface area contributed by atoms with Crippen LogP contribution in [0.4, 0.5) is 5.69 Å². The number of aromatic nitrogens is 2. The van der Waals surface area contributed by atoms with Crippen LogP contribution in [-0.2, 0) is 16.0 Å². The largest absolute Gasteiger partial charge is 0.421 e. The first kappa shape index (κ1) is 19.3. The highest BCUT2D eigenvalue weighted by Gasteiger charge is 2.29. The zero-order valence-electron chi connectivity index (χ0n) is 16.1. The predicted molar refractivity (Wildman–Crippen MR) is 110 cm³/mol. The third-order valence-electron chi connectivity index (χ3n) is 4.80. The lowest BCUT2D eigenvalue weighted by atomic mass is 10.1. The monoisotopic (exact) mass is 410 g/mol. The average molecular weight is 410 g/mol. The molecule has 2 aromatic heterocycles. The van der Waals surface area contributed by atoms with Crippen molar-refractivity contribution in [1.29, 1.82) is 0 Å². The first-order chi connectivity index (χ1) is 14.1. The van der Waals surface area contributed by atoms with E-state index in [9.17, 15) is 9.59 Å². The number of rotatable bonds is 8. The first-order valence-electron chi connectivity index (χ1n) is 9.63.